The van der Waals surface area contributed by atoms with E-state index in [1.807, 2.05) is 13.0 Å². The first-order valence-electron chi connectivity index (χ1n) is 18.4. The molecule has 2 saturated carbocycles. The van der Waals surface area contributed by atoms with Crippen LogP contribution in [-0.2, 0) is 21.4 Å². The van der Waals surface area contributed by atoms with Gasteiger partial charge >= 0.3 is 0 Å². The number of rotatable bonds is 4. The quantitative estimate of drug-likeness (QED) is 0.195. The van der Waals surface area contributed by atoms with Crippen LogP contribution in [0.2, 0.25) is 0 Å². The Morgan fingerprint density at radius 3 is 2.43 bits per heavy atom. The molecule has 0 saturated heterocycles. The SMILES string of the molecule is C=C(C)[C@H]1C(=O)c2c3c(cc4c5c(n1c24)[C@@]1(C)[C@@H](CC[C@H]2[C@](C)(/C=C/C=C/C(C)=O)[C@@H](O)CC[C@@]21C)C5)C1=CC(C)(C)OC(C)(C)[C@H]1[C@@H]3O. The Kier molecular flexibility index (Phi) is 6.79. The number of hydrogen-bond donors (Lipinski definition) is 2. The van der Waals surface area contributed by atoms with Gasteiger partial charge in [0.15, 0.2) is 11.6 Å². The Morgan fingerprint density at radius 1 is 1.04 bits per heavy atom. The van der Waals surface area contributed by atoms with Crippen molar-refractivity contribution in [3.63, 3.8) is 0 Å². The molecule has 6 aliphatic rings. The molecule has 6 nitrogen and oxygen atoms in total. The molecule has 0 radical (unpaired) electrons. The van der Waals surface area contributed by atoms with Gasteiger partial charge in [-0.25, -0.2) is 0 Å². The number of allylic oxidation sites excluding steroid dienone is 4. The van der Waals surface area contributed by atoms with Crippen molar-refractivity contribution < 1.29 is 24.5 Å². The maximum Gasteiger partial charge on any atom is 0.192 e. The maximum absolute atomic E-state index is 14.8. The monoisotopic (exact) mass is 663 g/mol. The van der Waals surface area contributed by atoms with E-state index in [1.165, 1.54) is 11.3 Å². The number of hydrogen-bond acceptors (Lipinski definition) is 5. The predicted molar refractivity (Wildman–Crippen MR) is 193 cm³/mol. The maximum atomic E-state index is 14.8. The van der Waals surface area contributed by atoms with Gasteiger partial charge in [0.25, 0.3) is 0 Å². The molecule has 49 heavy (non-hydrogen) atoms. The summed E-state index contributed by atoms with van der Waals surface area (Å²) in [5.41, 5.74) is 5.93. The highest BCUT2D eigenvalue weighted by molar-refractivity contribution is 6.18. The summed E-state index contributed by atoms with van der Waals surface area (Å²) in [4.78, 5) is 26.5. The number of fused-ring (bicyclic) bond motifs is 11. The van der Waals surface area contributed by atoms with Crippen LogP contribution in [0.3, 0.4) is 0 Å². The second-order valence-corrected chi connectivity index (χ2v) is 18.2. The fraction of sp³-hybridized carbons (Fsp3) is 0.581. The van der Waals surface area contributed by atoms with Crippen LogP contribution in [0, 0.1) is 28.6 Å². The lowest BCUT2D eigenvalue weighted by Crippen LogP contribution is -2.62. The largest absolute Gasteiger partial charge is 0.392 e. The number of carbonyl (C=O) groups excluding carboxylic acids is 2. The molecule has 8 rings (SSSR count). The van der Waals surface area contributed by atoms with Gasteiger partial charge in [-0.3, -0.25) is 9.59 Å². The van der Waals surface area contributed by atoms with E-state index < -0.39 is 34.9 Å². The summed E-state index contributed by atoms with van der Waals surface area (Å²) in [7, 11) is 0. The number of ether oxygens (including phenoxy) is 1. The zero-order valence-corrected chi connectivity index (χ0v) is 30.7. The number of aromatic nitrogens is 1. The van der Waals surface area contributed by atoms with E-state index in [0.717, 1.165) is 58.9 Å². The number of benzene rings is 1. The lowest BCUT2D eigenvalue weighted by Gasteiger charge is -2.64. The Labute approximate surface area is 291 Å². The van der Waals surface area contributed by atoms with E-state index in [0.29, 0.717) is 17.9 Å². The molecule has 4 aliphatic carbocycles. The Hall–Kier alpha value is -3.06. The van der Waals surface area contributed by atoms with Gasteiger partial charge in [0.05, 0.1) is 34.5 Å². The molecule has 2 aromatic rings. The van der Waals surface area contributed by atoms with Crippen LogP contribution >= 0.6 is 0 Å². The molecule has 2 N–H and O–H groups in total. The Morgan fingerprint density at radius 2 is 1.76 bits per heavy atom. The molecule has 260 valence electrons. The first kappa shape index (κ1) is 33.1. The van der Waals surface area contributed by atoms with E-state index in [2.05, 4.69) is 77.8 Å². The first-order valence-corrected chi connectivity index (χ1v) is 18.4. The van der Waals surface area contributed by atoms with Crippen molar-refractivity contribution in [3.05, 3.63) is 76.5 Å². The molecule has 2 aliphatic heterocycles. The topological polar surface area (TPSA) is 88.8 Å². The molecule has 6 heteroatoms. The third kappa shape index (κ3) is 4.00. The third-order valence-corrected chi connectivity index (χ3v) is 14.5. The minimum absolute atomic E-state index is 0.00391. The molecule has 1 aromatic carbocycles. The molecule has 1 aromatic heterocycles. The lowest BCUT2D eigenvalue weighted by atomic mass is 9.40. The molecular weight excluding hydrogens is 610 g/mol. The van der Waals surface area contributed by atoms with Crippen molar-refractivity contribution >= 4 is 28.0 Å². The van der Waals surface area contributed by atoms with Gasteiger partial charge < -0.3 is 19.5 Å². The summed E-state index contributed by atoms with van der Waals surface area (Å²) in [6, 6.07) is 1.79. The Bertz CT molecular complexity index is 1970. The number of carbonyl (C=O) groups is 2. The van der Waals surface area contributed by atoms with E-state index in [4.69, 9.17) is 4.74 Å². The van der Waals surface area contributed by atoms with Crippen molar-refractivity contribution in [1.29, 1.82) is 0 Å². The van der Waals surface area contributed by atoms with E-state index in [1.54, 1.807) is 19.1 Å². The molecule has 0 spiro atoms. The Balaban J connectivity index is 1.37. The normalized spacial score (nSPS) is 39.6. The molecule has 9 atom stereocenters. The van der Waals surface area contributed by atoms with Crippen molar-refractivity contribution in [2.45, 2.75) is 129 Å². The highest BCUT2D eigenvalue weighted by atomic mass is 16.5. The molecular formula is C43H53NO5. The second kappa shape index (κ2) is 10.0. The van der Waals surface area contributed by atoms with E-state index in [-0.39, 0.29) is 34.2 Å². The van der Waals surface area contributed by atoms with Crippen molar-refractivity contribution in [1.82, 2.24) is 4.57 Å². The number of aliphatic hydroxyl groups is 2. The first-order chi connectivity index (χ1) is 22.8. The van der Waals surface area contributed by atoms with E-state index in [9.17, 15) is 19.8 Å². The molecule has 0 unspecified atom stereocenters. The van der Waals surface area contributed by atoms with Gasteiger partial charge in [-0.1, -0.05) is 51.2 Å². The average Bonchev–Trinajstić information content (AvgIpc) is 3.66. The standard InChI is InChI=1S/C43H53NO5/c1-22(2)34-37(48)32-31-25(28-21-39(4,5)49-40(6,7)33(28)36(31)47)20-26-27-19-24-14-15-29-41(8,17-12-11-13-23(3)45)30(46)16-18-42(29,9)43(24,10)38(27)44(34)35(26)32/h11-13,17,20-21,24,29-30,33-34,36,46-47H,1,14-16,18-19H2,2-10H3/b13-11+,17-12+/t24-,29-,30-,33+,34-,36+,41-,42-,43+/m0/s1. The average molecular weight is 664 g/mol. The molecule has 2 fully saturated rings. The second-order valence-electron chi connectivity index (χ2n) is 18.2. The van der Waals surface area contributed by atoms with Crippen molar-refractivity contribution in [2.24, 2.45) is 28.6 Å². The van der Waals surface area contributed by atoms with Gasteiger partial charge in [-0.05, 0) is 126 Å². The number of aliphatic hydroxyl groups excluding tert-OH is 2. The summed E-state index contributed by atoms with van der Waals surface area (Å²) in [6.45, 7) is 23.3. The summed E-state index contributed by atoms with van der Waals surface area (Å²) in [5, 5.41) is 24.9. The highest BCUT2D eigenvalue weighted by Gasteiger charge is 2.67. The molecule has 0 bridgehead atoms. The number of Topliss-reactive ketones (excluding diaryl/α,β-unsaturated/α-hetero) is 1. The number of nitrogens with zero attached hydrogens (tertiary/aromatic N) is 1. The predicted octanol–water partition coefficient (Wildman–Crippen LogP) is 8.30. The zero-order chi connectivity index (χ0) is 35.4. The molecule has 0 amide bonds. The van der Waals surface area contributed by atoms with Crippen LogP contribution in [0.25, 0.3) is 16.5 Å². The lowest BCUT2D eigenvalue weighted by molar-refractivity contribution is -0.144. The van der Waals surface area contributed by atoms with Crippen LogP contribution < -0.4 is 0 Å². The summed E-state index contributed by atoms with van der Waals surface area (Å²) in [5.74, 6) is 0.389. The van der Waals surface area contributed by atoms with Crippen LogP contribution in [-0.4, -0.2) is 43.7 Å². The fourth-order valence-corrected chi connectivity index (χ4v) is 12.6. The minimum atomic E-state index is -0.845. The van der Waals surface area contributed by atoms with Gasteiger partial charge in [0.2, 0.25) is 0 Å². The third-order valence-electron chi connectivity index (χ3n) is 14.5. The van der Waals surface area contributed by atoms with Crippen molar-refractivity contribution in [3.8, 4) is 0 Å². The van der Waals surface area contributed by atoms with Crippen LogP contribution in [0.4, 0.5) is 0 Å². The van der Waals surface area contributed by atoms with Gasteiger partial charge in [0.1, 0.15) is 6.04 Å². The summed E-state index contributed by atoms with van der Waals surface area (Å²) >= 11 is 0. The summed E-state index contributed by atoms with van der Waals surface area (Å²) in [6.07, 6.45) is 12.9. The minimum Gasteiger partial charge on any atom is -0.392 e. The summed E-state index contributed by atoms with van der Waals surface area (Å²) < 4.78 is 8.89. The zero-order valence-electron chi connectivity index (χ0n) is 30.7. The van der Waals surface area contributed by atoms with Gasteiger partial charge in [0, 0.05) is 33.4 Å². The van der Waals surface area contributed by atoms with Crippen LogP contribution in [0.1, 0.15) is 133 Å². The van der Waals surface area contributed by atoms with E-state index >= 15 is 0 Å². The van der Waals surface area contributed by atoms with Crippen LogP contribution in [0.5, 0.6) is 0 Å². The number of ketones is 2. The smallest absolute Gasteiger partial charge is 0.192 e. The van der Waals surface area contributed by atoms with Crippen LogP contribution in [0.15, 0.2) is 48.6 Å². The molecule has 3 heterocycles. The fourth-order valence-electron chi connectivity index (χ4n) is 12.6. The van der Waals surface area contributed by atoms with Gasteiger partial charge in [-0.2, -0.15) is 0 Å². The van der Waals surface area contributed by atoms with Gasteiger partial charge in [-0.15, -0.1) is 0 Å². The highest BCUT2D eigenvalue weighted by Crippen LogP contribution is 2.71. The van der Waals surface area contributed by atoms with Crippen molar-refractivity contribution in [2.75, 3.05) is 0 Å².